The number of amides is 2. The highest BCUT2D eigenvalue weighted by Gasteiger charge is 2.31. The van der Waals surface area contributed by atoms with Crippen molar-refractivity contribution in [1.29, 1.82) is 0 Å². The predicted octanol–water partition coefficient (Wildman–Crippen LogP) is 3.02. The van der Waals surface area contributed by atoms with Crippen LogP contribution in [-0.2, 0) is 11.0 Å². The largest absolute Gasteiger partial charge is 0.416 e. The Hall–Kier alpha value is -2.62. The fourth-order valence-electron chi connectivity index (χ4n) is 2.72. The highest BCUT2D eigenvalue weighted by atomic mass is 19.4. The Kier molecular flexibility index (Phi) is 6.56. The van der Waals surface area contributed by atoms with Crippen molar-refractivity contribution in [3.8, 4) is 0 Å². The molecule has 0 bridgehead atoms. The molecule has 2 amide bonds. The number of hydrogen-bond acceptors (Lipinski definition) is 5. The minimum absolute atomic E-state index is 0.0620. The zero-order valence-corrected chi connectivity index (χ0v) is 14.0. The zero-order valence-electron chi connectivity index (χ0n) is 14.0. The van der Waals surface area contributed by atoms with Crippen LogP contribution in [0, 0.1) is 0 Å². The number of hydrogen-bond donors (Lipinski definition) is 5. The van der Waals surface area contributed by atoms with Crippen LogP contribution >= 0.6 is 0 Å². The summed E-state index contributed by atoms with van der Waals surface area (Å²) in [5, 5.41) is 7.68. The van der Waals surface area contributed by atoms with Gasteiger partial charge in [0.2, 0.25) is 5.88 Å². The molecule has 0 saturated heterocycles. The molecule has 0 radical (unpaired) electrons. The van der Waals surface area contributed by atoms with Gasteiger partial charge in [-0.2, -0.15) is 19.1 Å². The van der Waals surface area contributed by atoms with Gasteiger partial charge in [0.15, 0.2) is 0 Å². The summed E-state index contributed by atoms with van der Waals surface area (Å²) in [4.78, 5) is 16.5. The van der Waals surface area contributed by atoms with E-state index in [1.165, 1.54) is 18.7 Å². The first kappa shape index (κ1) is 19.7. The summed E-state index contributed by atoms with van der Waals surface area (Å²) in [6, 6.07) is 2.23. The number of benzene rings is 1. The number of nitrogen functional groups attached to an aromatic ring is 1. The normalized spacial score (nSPS) is 16.1. The summed E-state index contributed by atoms with van der Waals surface area (Å²) >= 11 is 0. The summed E-state index contributed by atoms with van der Waals surface area (Å²) in [6.07, 6.45) is 2.30. The molecule has 0 spiro atoms. The number of anilines is 2. The van der Waals surface area contributed by atoms with E-state index in [1.807, 2.05) is 0 Å². The van der Waals surface area contributed by atoms with Gasteiger partial charge in [0.05, 0.1) is 11.8 Å². The van der Waals surface area contributed by atoms with E-state index < -0.39 is 17.8 Å². The van der Waals surface area contributed by atoms with Crippen LogP contribution in [0.3, 0.4) is 0 Å². The second-order valence-electron chi connectivity index (χ2n) is 6.05. The molecule has 1 aromatic carbocycles. The molecule has 144 valence electrons. The quantitative estimate of drug-likeness (QED) is 0.309. The highest BCUT2D eigenvalue weighted by molar-refractivity contribution is 5.90. The third kappa shape index (κ3) is 6.03. The van der Waals surface area contributed by atoms with Crippen molar-refractivity contribution in [2.24, 2.45) is 5.90 Å². The van der Waals surface area contributed by atoms with Crippen LogP contribution in [0.2, 0.25) is 0 Å². The molecule has 7 nitrogen and oxygen atoms in total. The SMILES string of the molecule is NO/C(=C\NC1CCCCC1)NC(=O)Nc1cc(N)cc(C(F)(F)F)c1. The van der Waals surface area contributed by atoms with Gasteiger partial charge in [-0.05, 0) is 31.0 Å². The predicted molar refractivity (Wildman–Crippen MR) is 91.4 cm³/mol. The molecule has 1 aromatic rings. The molecule has 0 heterocycles. The lowest BCUT2D eigenvalue weighted by molar-refractivity contribution is -0.137. The maximum Gasteiger partial charge on any atom is 0.416 e. The minimum Gasteiger partial charge on any atom is -0.399 e. The Morgan fingerprint density at radius 3 is 2.50 bits per heavy atom. The number of halogens is 3. The molecule has 0 unspecified atom stereocenters. The molecule has 26 heavy (non-hydrogen) atoms. The van der Waals surface area contributed by atoms with Crippen molar-refractivity contribution in [2.45, 2.75) is 44.3 Å². The smallest absolute Gasteiger partial charge is 0.399 e. The maximum absolute atomic E-state index is 12.8. The van der Waals surface area contributed by atoms with Crippen molar-refractivity contribution < 1.29 is 22.8 Å². The lowest BCUT2D eigenvalue weighted by atomic mass is 9.96. The number of alkyl halides is 3. The van der Waals surface area contributed by atoms with Crippen LogP contribution in [0.25, 0.3) is 0 Å². The van der Waals surface area contributed by atoms with Gasteiger partial charge in [-0.3, -0.25) is 5.32 Å². The van der Waals surface area contributed by atoms with E-state index in [4.69, 9.17) is 11.6 Å². The van der Waals surface area contributed by atoms with Crippen molar-refractivity contribution >= 4 is 17.4 Å². The van der Waals surface area contributed by atoms with Crippen molar-refractivity contribution in [2.75, 3.05) is 11.1 Å². The first-order chi connectivity index (χ1) is 12.3. The molecule has 1 fully saturated rings. The van der Waals surface area contributed by atoms with E-state index in [1.54, 1.807) is 0 Å². The van der Waals surface area contributed by atoms with Crippen molar-refractivity contribution in [3.05, 3.63) is 35.8 Å². The Morgan fingerprint density at radius 2 is 1.88 bits per heavy atom. The highest BCUT2D eigenvalue weighted by Crippen LogP contribution is 2.32. The molecule has 0 aliphatic heterocycles. The fraction of sp³-hybridized carbons (Fsp3) is 0.438. The van der Waals surface area contributed by atoms with Crippen LogP contribution in [0.15, 0.2) is 30.3 Å². The van der Waals surface area contributed by atoms with Gasteiger partial charge in [-0.25, -0.2) is 4.79 Å². The summed E-state index contributed by atoms with van der Waals surface area (Å²) in [7, 11) is 0. The molecule has 2 rings (SSSR count). The summed E-state index contributed by atoms with van der Waals surface area (Å²) < 4.78 is 38.4. The van der Waals surface area contributed by atoms with Crippen molar-refractivity contribution in [3.63, 3.8) is 0 Å². The number of carbonyl (C=O) groups excluding carboxylic acids is 1. The third-order valence-corrected chi connectivity index (χ3v) is 3.96. The number of carbonyl (C=O) groups is 1. The molecule has 0 aromatic heterocycles. The van der Waals surface area contributed by atoms with E-state index in [9.17, 15) is 18.0 Å². The molecule has 1 aliphatic rings. The second-order valence-corrected chi connectivity index (χ2v) is 6.05. The third-order valence-electron chi connectivity index (χ3n) is 3.96. The maximum atomic E-state index is 12.8. The van der Waals surface area contributed by atoms with Gasteiger partial charge in [0.1, 0.15) is 0 Å². The lowest BCUT2D eigenvalue weighted by Gasteiger charge is -2.22. The first-order valence-electron chi connectivity index (χ1n) is 8.16. The molecule has 0 atom stereocenters. The topological polar surface area (TPSA) is 114 Å². The summed E-state index contributed by atoms with van der Waals surface area (Å²) in [6.45, 7) is 0. The monoisotopic (exact) mass is 373 g/mol. The number of nitrogens with two attached hydrogens (primary N) is 2. The Balaban J connectivity index is 1.97. The van der Waals surface area contributed by atoms with Gasteiger partial charge in [0.25, 0.3) is 0 Å². The van der Waals surface area contributed by atoms with Gasteiger partial charge in [0, 0.05) is 17.4 Å². The van der Waals surface area contributed by atoms with Crippen LogP contribution in [0.1, 0.15) is 37.7 Å². The van der Waals surface area contributed by atoms with E-state index in [0.717, 1.165) is 37.8 Å². The van der Waals surface area contributed by atoms with E-state index in [-0.39, 0.29) is 23.3 Å². The summed E-state index contributed by atoms with van der Waals surface area (Å²) in [5.74, 6) is 5.05. The average molecular weight is 373 g/mol. The van der Waals surface area contributed by atoms with Gasteiger partial charge in [-0.1, -0.05) is 19.3 Å². The fourth-order valence-corrected chi connectivity index (χ4v) is 2.72. The number of nitrogens with one attached hydrogen (secondary N) is 3. The Bertz CT molecular complexity index is 658. The molecule has 7 N–H and O–H groups in total. The van der Waals surface area contributed by atoms with E-state index in [2.05, 4.69) is 20.8 Å². The molecule has 1 aliphatic carbocycles. The van der Waals surface area contributed by atoms with Crippen LogP contribution < -0.4 is 27.6 Å². The van der Waals surface area contributed by atoms with E-state index >= 15 is 0 Å². The molecule has 10 heteroatoms. The number of urea groups is 1. The molecular weight excluding hydrogens is 351 g/mol. The van der Waals surface area contributed by atoms with Gasteiger partial charge in [-0.15, -0.1) is 0 Å². The molecular formula is C16H22F3N5O2. The minimum atomic E-state index is -4.57. The van der Waals surface area contributed by atoms with Crippen molar-refractivity contribution in [1.82, 2.24) is 10.6 Å². The lowest BCUT2D eigenvalue weighted by Crippen LogP contribution is -2.33. The van der Waals surface area contributed by atoms with E-state index in [0.29, 0.717) is 0 Å². The Morgan fingerprint density at radius 1 is 1.19 bits per heavy atom. The first-order valence-corrected chi connectivity index (χ1v) is 8.16. The van der Waals surface area contributed by atoms with Crippen LogP contribution in [0.4, 0.5) is 29.3 Å². The summed E-state index contributed by atoms with van der Waals surface area (Å²) in [5.41, 5.74) is 4.26. The van der Waals surface area contributed by atoms with Crippen LogP contribution in [-0.4, -0.2) is 12.1 Å². The Labute approximate surface area is 148 Å². The van der Waals surface area contributed by atoms with Gasteiger partial charge >= 0.3 is 12.2 Å². The van der Waals surface area contributed by atoms with Crippen LogP contribution in [0.5, 0.6) is 0 Å². The standard InChI is InChI=1S/C16H22F3N5O2/c17-16(18,19)10-6-11(20)8-13(7-10)23-15(25)24-14(26-21)9-22-12-4-2-1-3-5-12/h6-9,12,22H,1-5,20-21H2,(H2,23,24,25)/b14-9-. The van der Waals surface area contributed by atoms with Gasteiger partial charge < -0.3 is 21.2 Å². The second kappa shape index (κ2) is 8.65. The molecule has 1 saturated carbocycles. The number of rotatable bonds is 5. The zero-order chi connectivity index (χ0) is 19.2. The average Bonchev–Trinajstić information content (AvgIpc) is 2.58.